The summed E-state index contributed by atoms with van der Waals surface area (Å²) in [7, 11) is 0. The van der Waals surface area contributed by atoms with Crippen LogP contribution in [0.2, 0.25) is 0 Å². The summed E-state index contributed by atoms with van der Waals surface area (Å²) in [6.07, 6.45) is 3.23. The summed E-state index contributed by atoms with van der Waals surface area (Å²) in [5, 5.41) is 5.24. The van der Waals surface area contributed by atoms with Crippen LogP contribution in [0.15, 0.2) is 60.7 Å². The lowest BCUT2D eigenvalue weighted by Gasteiger charge is -2.25. The molecule has 0 aromatic heterocycles. The van der Waals surface area contributed by atoms with Crippen LogP contribution >= 0.6 is 0 Å². The van der Waals surface area contributed by atoms with Gasteiger partial charge in [0.2, 0.25) is 11.8 Å². The van der Waals surface area contributed by atoms with E-state index in [0.29, 0.717) is 12.8 Å². The zero-order valence-electron chi connectivity index (χ0n) is 20.6. The molecule has 0 saturated heterocycles. The third-order valence-corrected chi connectivity index (χ3v) is 5.68. The Labute approximate surface area is 207 Å². The van der Waals surface area contributed by atoms with E-state index < -0.39 is 17.9 Å². The molecule has 0 spiro atoms. The minimum absolute atomic E-state index is 0.0840. The summed E-state index contributed by atoms with van der Waals surface area (Å²) in [6.45, 7) is 4.26. The molecule has 0 aliphatic rings. The summed E-state index contributed by atoms with van der Waals surface area (Å²) in [5.74, 6) is -1.69. The van der Waals surface area contributed by atoms with Crippen LogP contribution in [-0.2, 0) is 32.4 Å². The predicted octanol–water partition coefficient (Wildman–Crippen LogP) is 4.46. The second-order valence-corrected chi connectivity index (χ2v) is 8.31. The fourth-order valence-electron chi connectivity index (χ4n) is 3.73. The number of rotatable bonds is 15. The number of hydroxylamine groups is 1. The predicted molar refractivity (Wildman–Crippen MR) is 134 cm³/mol. The van der Waals surface area contributed by atoms with Crippen LogP contribution in [0.5, 0.6) is 0 Å². The Morgan fingerprint density at radius 2 is 1.40 bits per heavy atom. The van der Waals surface area contributed by atoms with Gasteiger partial charge in [-0.1, -0.05) is 93.8 Å². The van der Waals surface area contributed by atoms with Crippen molar-refractivity contribution in [3.05, 3.63) is 71.8 Å². The molecule has 2 atom stereocenters. The van der Waals surface area contributed by atoms with Gasteiger partial charge in [0, 0.05) is 5.92 Å². The van der Waals surface area contributed by atoms with Gasteiger partial charge in [0.25, 0.3) is 0 Å². The first-order chi connectivity index (χ1) is 17.0. The average Bonchev–Trinajstić information content (AvgIpc) is 2.88. The average molecular weight is 484 g/mol. The standard InChI is InChI=1S/C27H37N3O5/c1-3-5-8-17-24(23(4-2)26(32)30-35-19-22-15-11-7-12-16-22)25(31)28-20-29-27(33)34-18-21-13-9-6-10-14-21/h6-7,9-16,23-24H,3-5,8,17-20H2,1-2H3,(H,28,31)(H,29,33)(H,30,32)/t23-,24-/m1/s1. The maximum Gasteiger partial charge on any atom is 0.408 e. The molecular formula is C27H37N3O5. The van der Waals surface area contributed by atoms with Gasteiger partial charge in [-0.25, -0.2) is 10.3 Å². The first-order valence-corrected chi connectivity index (χ1v) is 12.2. The smallest absolute Gasteiger partial charge is 0.408 e. The van der Waals surface area contributed by atoms with E-state index in [1.807, 2.05) is 67.6 Å². The second-order valence-electron chi connectivity index (χ2n) is 8.31. The molecule has 0 heterocycles. The molecule has 3 N–H and O–H groups in total. The maximum atomic E-state index is 13.0. The molecule has 0 bridgehead atoms. The number of amides is 3. The van der Waals surface area contributed by atoms with E-state index in [1.54, 1.807) is 0 Å². The topological polar surface area (TPSA) is 106 Å². The van der Waals surface area contributed by atoms with Gasteiger partial charge in [0.05, 0.1) is 19.2 Å². The quantitative estimate of drug-likeness (QED) is 0.197. The Morgan fingerprint density at radius 3 is 2.00 bits per heavy atom. The number of alkyl carbamates (subject to hydrolysis) is 1. The monoisotopic (exact) mass is 483 g/mol. The van der Waals surface area contributed by atoms with E-state index in [1.165, 1.54) is 0 Å². The van der Waals surface area contributed by atoms with Gasteiger partial charge >= 0.3 is 6.09 Å². The lowest BCUT2D eigenvalue weighted by atomic mass is 9.84. The molecule has 190 valence electrons. The Bertz CT molecular complexity index is 892. The number of ether oxygens (including phenoxy) is 1. The molecule has 0 aliphatic carbocycles. The Morgan fingerprint density at radius 1 is 0.771 bits per heavy atom. The first-order valence-electron chi connectivity index (χ1n) is 12.2. The molecule has 0 radical (unpaired) electrons. The number of hydrogen-bond acceptors (Lipinski definition) is 5. The molecule has 0 unspecified atom stereocenters. The summed E-state index contributed by atoms with van der Waals surface area (Å²) < 4.78 is 5.16. The molecule has 8 heteroatoms. The zero-order chi connectivity index (χ0) is 25.3. The van der Waals surface area contributed by atoms with Crippen LogP contribution in [0.3, 0.4) is 0 Å². The molecule has 2 rings (SSSR count). The highest BCUT2D eigenvalue weighted by molar-refractivity contribution is 5.87. The normalized spacial score (nSPS) is 12.3. The second kappa shape index (κ2) is 16.3. The molecule has 2 aromatic carbocycles. The van der Waals surface area contributed by atoms with E-state index in [2.05, 4.69) is 23.0 Å². The van der Waals surface area contributed by atoms with Crippen LogP contribution in [0.25, 0.3) is 0 Å². The van der Waals surface area contributed by atoms with Crippen LogP contribution in [-0.4, -0.2) is 24.6 Å². The molecule has 0 saturated carbocycles. The highest BCUT2D eigenvalue weighted by Crippen LogP contribution is 2.23. The summed E-state index contributed by atoms with van der Waals surface area (Å²) >= 11 is 0. The van der Waals surface area contributed by atoms with Crippen LogP contribution < -0.4 is 16.1 Å². The number of carbonyl (C=O) groups is 3. The Kier molecular flexibility index (Phi) is 12.9. The summed E-state index contributed by atoms with van der Waals surface area (Å²) in [5.41, 5.74) is 4.31. The van der Waals surface area contributed by atoms with Crippen molar-refractivity contribution in [3.63, 3.8) is 0 Å². The fraction of sp³-hybridized carbons (Fsp3) is 0.444. The molecular weight excluding hydrogens is 446 g/mol. The van der Waals surface area contributed by atoms with Crippen molar-refractivity contribution < 1.29 is 24.0 Å². The van der Waals surface area contributed by atoms with E-state index in [0.717, 1.165) is 30.4 Å². The van der Waals surface area contributed by atoms with Crippen molar-refractivity contribution in [2.24, 2.45) is 11.8 Å². The zero-order valence-corrected chi connectivity index (χ0v) is 20.6. The van der Waals surface area contributed by atoms with Crippen molar-refractivity contribution in [2.75, 3.05) is 6.67 Å². The van der Waals surface area contributed by atoms with Crippen molar-refractivity contribution in [3.8, 4) is 0 Å². The van der Waals surface area contributed by atoms with Gasteiger partial charge in [-0.3, -0.25) is 14.4 Å². The molecule has 8 nitrogen and oxygen atoms in total. The molecule has 35 heavy (non-hydrogen) atoms. The molecule has 0 aliphatic heterocycles. The molecule has 3 amide bonds. The van der Waals surface area contributed by atoms with Gasteiger partial charge in [0.15, 0.2) is 0 Å². The summed E-state index contributed by atoms with van der Waals surface area (Å²) in [6, 6.07) is 18.8. The minimum Gasteiger partial charge on any atom is -0.445 e. The number of benzene rings is 2. The number of carbonyl (C=O) groups excluding carboxylic acids is 3. The fourth-order valence-corrected chi connectivity index (χ4v) is 3.73. The van der Waals surface area contributed by atoms with Gasteiger partial charge in [0.1, 0.15) is 6.61 Å². The molecule has 0 fully saturated rings. The van der Waals surface area contributed by atoms with Gasteiger partial charge in [-0.05, 0) is 24.0 Å². The molecule has 2 aromatic rings. The van der Waals surface area contributed by atoms with E-state index in [-0.39, 0.29) is 31.7 Å². The lowest BCUT2D eigenvalue weighted by Crippen LogP contribution is -2.45. The van der Waals surface area contributed by atoms with Crippen LogP contribution in [0.4, 0.5) is 4.79 Å². The third kappa shape index (κ3) is 10.6. The highest BCUT2D eigenvalue weighted by atomic mass is 16.6. The van der Waals surface area contributed by atoms with Crippen molar-refractivity contribution in [2.45, 2.75) is 59.2 Å². The SMILES string of the molecule is CCCCC[C@@H](C(=O)NCNC(=O)OCc1ccccc1)[C@@H](CC)C(=O)NOCc1ccccc1. The van der Waals surface area contributed by atoms with Crippen LogP contribution in [0, 0.1) is 11.8 Å². The lowest BCUT2D eigenvalue weighted by molar-refractivity contribution is -0.144. The third-order valence-electron chi connectivity index (χ3n) is 5.68. The van der Waals surface area contributed by atoms with Crippen molar-refractivity contribution in [1.29, 1.82) is 0 Å². The first kappa shape index (κ1) is 27.9. The minimum atomic E-state index is -0.629. The van der Waals surface area contributed by atoms with Gasteiger partial charge in [-0.2, -0.15) is 0 Å². The number of unbranched alkanes of at least 4 members (excludes halogenated alkanes) is 2. The number of hydrogen-bond donors (Lipinski definition) is 3. The maximum absolute atomic E-state index is 13.0. The van der Waals surface area contributed by atoms with Crippen molar-refractivity contribution >= 4 is 17.9 Å². The van der Waals surface area contributed by atoms with E-state index in [4.69, 9.17) is 9.57 Å². The van der Waals surface area contributed by atoms with Crippen LogP contribution in [0.1, 0.15) is 57.1 Å². The Hall–Kier alpha value is -3.39. The number of nitrogens with one attached hydrogen (secondary N) is 3. The largest absolute Gasteiger partial charge is 0.445 e. The summed E-state index contributed by atoms with van der Waals surface area (Å²) in [4.78, 5) is 43.2. The van der Waals surface area contributed by atoms with Crippen molar-refractivity contribution in [1.82, 2.24) is 16.1 Å². The van der Waals surface area contributed by atoms with E-state index in [9.17, 15) is 14.4 Å². The Balaban J connectivity index is 1.84. The van der Waals surface area contributed by atoms with Gasteiger partial charge in [-0.15, -0.1) is 0 Å². The van der Waals surface area contributed by atoms with Gasteiger partial charge < -0.3 is 15.4 Å². The van der Waals surface area contributed by atoms with E-state index >= 15 is 0 Å². The highest BCUT2D eigenvalue weighted by Gasteiger charge is 2.32.